The Hall–Kier alpha value is -1.14. The lowest BCUT2D eigenvalue weighted by Crippen LogP contribution is -2.37. The molecule has 2 fully saturated rings. The first-order chi connectivity index (χ1) is 10.3. The molecule has 1 unspecified atom stereocenters. The van der Waals surface area contributed by atoms with Crippen molar-refractivity contribution in [1.29, 1.82) is 0 Å². The van der Waals surface area contributed by atoms with Crippen molar-refractivity contribution in [2.45, 2.75) is 25.7 Å². The third kappa shape index (κ3) is 3.95. The highest BCUT2D eigenvalue weighted by Crippen LogP contribution is 2.21. The summed E-state index contributed by atoms with van der Waals surface area (Å²) >= 11 is 1.67. The average molecular weight is 309 g/mol. The van der Waals surface area contributed by atoms with Crippen molar-refractivity contribution in [3.63, 3.8) is 0 Å². The van der Waals surface area contributed by atoms with Crippen LogP contribution in [0.4, 0.5) is 5.13 Å². The van der Waals surface area contributed by atoms with E-state index in [0.717, 1.165) is 63.8 Å². The van der Waals surface area contributed by atoms with Crippen molar-refractivity contribution >= 4 is 22.4 Å². The van der Waals surface area contributed by atoms with E-state index < -0.39 is 0 Å². The van der Waals surface area contributed by atoms with E-state index in [9.17, 15) is 4.79 Å². The van der Waals surface area contributed by atoms with Crippen LogP contribution in [-0.2, 0) is 9.53 Å². The fourth-order valence-corrected chi connectivity index (χ4v) is 3.77. The van der Waals surface area contributed by atoms with E-state index in [1.54, 1.807) is 11.3 Å². The normalized spacial score (nSPS) is 23.9. The number of anilines is 1. The molecule has 0 N–H and O–H groups in total. The van der Waals surface area contributed by atoms with Crippen LogP contribution in [-0.4, -0.2) is 55.2 Å². The zero-order valence-electron chi connectivity index (χ0n) is 12.4. The molecule has 0 radical (unpaired) electrons. The van der Waals surface area contributed by atoms with Crippen molar-refractivity contribution < 1.29 is 9.53 Å². The smallest absolute Gasteiger partial charge is 0.222 e. The molecule has 0 spiro atoms. The van der Waals surface area contributed by atoms with Crippen LogP contribution in [0.3, 0.4) is 0 Å². The quantitative estimate of drug-likeness (QED) is 0.857. The van der Waals surface area contributed by atoms with Gasteiger partial charge in [-0.2, -0.15) is 0 Å². The highest BCUT2D eigenvalue weighted by molar-refractivity contribution is 7.13. The highest BCUT2D eigenvalue weighted by Gasteiger charge is 2.24. The summed E-state index contributed by atoms with van der Waals surface area (Å²) < 4.78 is 5.48. The minimum absolute atomic E-state index is 0.298. The number of rotatable bonds is 3. The number of carbonyl (C=O) groups excluding carboxylic acids is 1. The van der Waals surface area contributed by atoms with Crippen LogP contribution in [0, 0.1) is 5.92 Å². The highest BCUT2D eigenvalue weighted by atomic mass is 32.1. The fraction of sp³-hybridized carbons (Fsp3) is 0.733. The Labute approximate surface area is 129 Å². The molecule has 2 saturated heterocycles. The molecule has 2 aliphatic rings. The molecule has 2 aliphatic heterocycles. The lowest BCUT2D eigenvalue weighted by atomic mass is 9.98. The van der Waals surface area contributed by atoms with Gasteiger partial charge in [0.15, 0.2) is 5.13 Å². The lowest BCUT2D eigenvalue weighted by molar-refractivity contribution is -0.133. The molecule has 0 bridgehead atoms. The van der Waals surface area contributed by atoms with Crippen LogP contribution in [0.1, 0.15) is 25.7 Å². The zero-order chi connectivity index (χ0) is 14.5. The van der Waals surface area contributed by atoms with Gasteiger partial charge in [0.05, 0.1) is 0 Å². The number of amides is 1. The third-order valence-electron chi connectivity index (χ3n) is 4.26. The van der Waals surface area contributed by atoms with Gasteiger partial charge >= 0.3 is 0 Å². The fourth-order valence-electron chi connectivity index (χ4n) is 3.07. The number of aromatic nitrogens is 1. The summed E-state index contributed by atoms with van der Waals surface area (Å²) in [7, 11) is 0. The van der Waals surface area contributed by atoms with Gasteiger partial charge < -0.3 is 14.5 Å². The topological polar surface area (TPSA) is 45.7 Å². The molecule has 1 amide bonds. The second-order valence-corrected chi connectivity index (χ2v) is 6.70. The Kier molecular flexibility index (Phi) is 5.08. The van der Waals surface area contributed by atoms with Gasteiger partial charge in [0, 0.05) is 57.4 Å². The SMILES string of the molecule is O=C(CC1CCCOC1)N1CCCN(c2nccs2)CC1. The Balaban J connectivity index is 1.51. The first kappa shape index (κ1) is 14.8. The number of hydrogen-bond donors (Lipinski definition) is 0. The van der Waals surface area contributed by atoms with Crippen LogP contribution in [0.25, 0.3) is 0 Å². The minimum Gasteiger partial charge on any atom is -0.381 e. The molecule has 0 aromatic carbocycles. The maximum absolute atomic E-state index is 12.5. The number of thiazole rings is 1. The molecule has 1 atom stereocenters. The summed E-state index contributed by atoms with van der Waals surface area (Å²) in [6, 6.07) is 0. The molecule has 21 heavy (non-hydrogen) atoms. The Morgan fingerprint density at radius 3 is 3.05 bits per heavy atom. The van der Waals surface area contributed by atoms with Crippen molar-refractivity contribution in [1.82, 2.24) is 9.88 Å². The average Bonchev–Trinajstić information content (AvgIpc) is 2.93. The molecule has 0 aliphatic carbocycles. The van der Waals surface area contributed by atoms with Gasteiger partial charge in [-0.05, 0) is 25.2 Å². The number of carbonyl (C=O) groups is 1. The molecular weight excluding hydrogens is 286 g/mol. The van der Waals surface area contributed by atoms with Crippen LogP contribution in [0.15, 0.2) is 11.6 Å². The largest absolute Gasteiger partial charge is 0.381 e. The molecule has 6 heteroatoms. The van der Waals surface area contributed by atoms with Crippen molar-refractivity contribution in [2.24, 2.45) is 5.92 Å². The van der Waals surface area contributed by atoms with E-state index in [1.165, 1.54) is 0 Å². The second kappa shape index (κ2) is 7.22. The molecule has 3 heterocycles. The van der Waals surface area contributed by atoms with Crippen LogP contribution in [0.2, 0.25) is 0 Å². The Morgan fingerprint density at radius 1 is 1.33 bits per heavy atom. The van der Waals surface area contributed by atoms with Crippen molar-refractivity contribution in [3.05, 3.63) is 11.6 Å². The van der Waals surface area contributed by atoms with Gasteiger partial charge in [0.1, 0.15) is 0 Å². The zero-order valence-corrected chi connectivity index (χ0v) is 13.2. The van der Waals surface area contributed by atoms with E-state index >= 15 is 0 Å². The second-order valence-electron chi connectivity index (χ2n) is 5.82. The van der Waals surface area contributed by atoms with Crippen molar-refractivity contribution in [2.75, 3.05) is 44.3 Å². The van der Waals surface area contributed by atoms with Crippen LogP contribution in [0.5, 0.6) is 0 Å². The van der Waals surface area contributed by atoms with Crippen LogP contribution >= 0.6 is 11.3 Å². The third-order valence-corrected chi connectivity index (χ3v) is 5.09. The summed E-state index contributed by atoms with van der Waals surface area (Å²) in [6.45, 7) is 5.17. The van der Waals surface area contributed by atoms with Gasteiger partial charge in [-0.25, -0.2) is 4.98 Å². The summed E-state index contributed by atoms with van der Waals surface area (Å²) in [5, 5.41) is 3.08. The Morgan fingerprint density at radius 2 is 2.29 bits per heavy atom. The number of hydrogen-bond acceptors (Lipinski definition) is 5. The van der Waals surface area contributed by atoms with Gasteiger partial charge in [0.2, 0.25) is 5.91 Å². The van der Waals surface area contributed by atoms with E-state index in [4.69, 9.17) is 4.74 Å². The minimum atomic E-state index is 0.298. The van der Waals surface area contributed by atoms with E-state index in [-0.39, 0.29) is 0 Å². The summed E-state index contributed by atoms with van der Waals surface area (Å²) in [5.41, 5.74) is 0. The summed E-state index contributed by atoms with van der Waals surface area (Å²) in [6.07, 6.45) is 5.74. The number of nitrogens with zero attached hydrogens (tertiary/aromatic N) is 3. The van der Waals surface area contributed by atoms with Gasteiger partial charge in [-0.3, -0.25) is 4.79 Å². The Bertz CT molecular complexity index is 446. The predicted molar refractivity (Wildman–Crippen MR) is 83.7 cm³/mol. The monoisotopic (exact) mass is 309 g/mol. The number of ether oxygens (including phenoxy) is 1. The summed E-state index contributed by atoms with van der Waals surface area (Å²) in [4.78, 5) is 21.1. The molecule has 1 aromatic rings. The molecule has 3 rings (SSSR count). The lowest BCUT2D eigenvalue weighted by Gasteiger charge is -2.26. The standard InChI is InChI=1S/C15H23N3O2S/c19-14(11-13-3-1-9-20-12-13)17-5-2-6-18(8-7-17)15-16-4-10-21-15/h4,10,13H,1-3,5-9,11-12H2. The summed E-state index contributed by atoms with van der Waals surface area (Å²) in [5.74, 6) is 0.719. The molecule has 0 saturated carbocycles. The van der Waals surface area contributed by atoms with Gasteiger partial charge in [-0.1, -0.05) is 0 Å². The van der Waals surface area contributed by atoms with Gasteiger partial charge in [0.25, 0.3) is 0 Å². The predicted octanol–water partition coefficient (Wildman–Crippen LogP) is 2.00. The maximum atomic E-state index is 12.5. The van der Waals surface area contributed by atoms with E-state index in [0.29, 0.717) is 18.2 Å². The van der Waals surface area contributed by atoms with E-state index in [1.807, 2.05) is 16.5 Å². The molecule has 1 aromatic heterocycles. The van der Waals surface area contributed by atoms with Crippen LogP contribution < -0.4 is 4.90 Å². The van der Waals surface area contributed by atoms with E-state index in [2.05, 4.69) is 9.88 Å². The molecular formula is C15H23N3O2S. The maximum Gasteiger partial charge on any atom is 0.222 e. The first-order valence-electron chi connectivity index (χ1n) is 7.83. The molecule has 116 valence electrons. The van der Waals surface area contributed by atoms with Crippen molar-refractivity contribution in [3.8, 4) is 0 Å². The molecule has 5 nitrogen and oxygen atoms in total. The van der Waals surface area contributed by atoms with Gasteiger partial charge in [-0.15, -0.1) is 11.3 Å². The first-order valence-corrected chi connectivity index (χ1v) is 8.71.